The Bertz CT molecular complexity index is 236. The van der Waals surface area contributed by atoms with Gasteiger partial charge in [-0.3, -0.25) is 4.79 Å². The number of aliphatic carboxylic acids is 1. The zero-order valence-corrected chi connectivity index (χ0v) is 13.0. The van der Waals surface area contributed by atoms with Crippen molar-refractivity contribution in [1.29, 1.82) is 0 Å². The van der Waals surface area contributed by atoms with Crippen LogP contribution in [0.15, 0.2) is 0 Å². The van der Waals surface area contributed by atoms with Crippen molar-refractivity contribution in [3.63, 3.8) is 0 Å². The van der Waals surface area contributed by atoms with Crippen molar-refractivity contribution in [2.45, 2.75) is 91.1 Å². The summed E-state index contributed by atoms with van der Waals surface area (Å²) in [4.78, 5) is 10.9. The normalized spacial score (nSPS) is 13.5. The van der Waals surface area contributed by atoms with Crippen LogP contribution in [0.4, 0.5) is 0 Å². The molecular formula is C16H32O3. The number of carboxylic acid groups (broad SMARTS) is 1. The van der Waals surface area contributed by atoms with Gasteiger partial charge in [0.15, 0.2) is 0 Å². The monoisotopic (exact) mass is 272 g/mol. The smallest absolute Gasteiger partial charge is 0.309 e. The molecule has 0 aliphatic carbocycles. The standard InChI is InChI=1S/C16H32O3/c1-4-5-6-8-11-14(17)12-9-7-10-13-16(2,3)15(18)19/h14,17H,4-13H2,1-3H3,(H,18,19). The average molecular weight is 272 g/mol. The van der Waals surface area contributed by atoms with E-state index in [-0.39, 0.29) is 6.10 Å². The molecule has 0 aromatic carbocycles. The Morgan fingerprint density at radius 3 is 2.00 bits per heavy atom. The minimum Gasteiger partial charge on any atom is -0.481 e. The molecule has 0 aliphatic rings. The van der Waals surface area contributed by atoms with E-state index in [4.69, 9.17) is 5.11 Å². The molecule has 0 saturated heterocycles. The summed E-state index contributed by atoms with van der Waals surface area (Å²) in [5.74, 6) is -0.719. The molecule has 0 aromatic rings. The Hall–Kier alpha value is -0.570. The van der Waals surface area contributed by atoms with Gasteiger partial charge in [0.2, 0.25) is 0 Å². The molecule has 1 unspecified atom stereocenters. The highest BCUT2D eigenvalue weighted by Crippen LogP contribution is 2.24. The first kappa shape index (κ1) is 18.4. The van der Waals surface area contributed by atoms with E-state index in [1.807, 2.05) is 0 Å². The van der Waals surface area contributed by atoms with Crippen LogP contribution in [0.2, 0.25) is 0 Å². The Balaban J connectivity index is 3.46. The largest absolute Gasteiger partial charge is 0.481 e. The third-order valence-electron chi connectivity index (χ3n) is 3.81. The van der Waals surface area contributed by atoms with Gasteiger partial charge >= 0.3 is 5.97 Å². The van der Waals surface area contributed by atoms with Crippen molar-refractivity contribution in [3.05, 3.63) is 0 Å². The minimum atomic E-state index is -0.719. The number of carbonyl (C=O) groups is 1. The van der Waals surface area contributed by atoms with Gasteiger partial charge in [-0.05, 0) is 33.1 Å². The first-order chi connectivity index (χ1) is 8.90. The zero-order chi connectivity index (χ0) is 14.7. The SMILES string of the molecule is CCCCCCC(O)CCCCCC(C)(C)C(=O)O. The molecule has 0 radical (unpaired) electrons. The highest BCUT2D eigenvalue weighted by Gasteiger charge is 2.25. The van der Waals surface area contributed by atoms with Crippen LogP contribution in [-0.4, -0.2) is 22.3 Å². The van der Waals surface area contributed by atoms with Crippen molar-refractivity contribution in [3.8, 4) is 0 Å². The fraction of sp³-hybridized carbons (Fsp3) is 0.938. The maximum Gasteiger partial charge on any atom is 0.309 e. The number of hydrogen-bond acceptors (Lipinski definition) is 2. The van der Waals surface area contributed by atoms with Crippen LogP contribution in [0.25, 0.3) is 0 Å². The second kappa shape index (κ2) is 10.2. The number of hydrogen-bond donors (Lipinski definition) is 2. The fourth-order valence-corrected chi connectivity index (χ4v) is 2.18. The number of rotatable bonds is 12. The first-order valence-electron chi connectivity index (χ1n) is 7.81. The molecule has 0 rings (SSSR count). The quantitative estimate of drug-likeness (QED) is 0.518. The summed E-state index contributed by atoms with van der Waals surface area (Å²) in [7, 11) is 0. The molecule has 19 heavy (non-hydrogen) atoms. The van der Waals surface area contributed by atoms with Crippen molar-refractivity contribution in [2.24, 2.45) is 5.41 Å². The average Bonchev–Trinajstić information content (AvgIpc) is 2.34. The maximum atomic E-state index is 10.9. The van der Waals surface area contributed by atoms with Gasteiger partial charge in [0.05, 0.1) is 11.5 Å². The Morgan fingerprint density at radius 1 is 1.00 bits per heavy atom. The van der Waals surface area contributed by atoms with Gasteiger partial charge in [0.1, 0.15) is 0 Å². The summed E-state index contributed by atoms with van der Waals surface area (Å²) in [6.07, 6.45) is 10.1. The van der Waals surface area contributed by atoms with E-state index in [1.165, 1.54) is 19.3 Å². The number of unbranched alkanes of at least 4 members (excludes halogenated alkanes) is 5. The number of aliphatic hydroxyl groups is 1. The Morgan fingerprint density at radius 2 is 1.53 bits per heavy atom. The van der Waals surface area contributed by atoms with Crippen molar-refractivity contribution >= 4 is 5.97 Å². The lowest BCUT2D eigenvalue weighted by Crippen LogP contribution is -2.23. The second-order valence-electron chi connectivity index (χ2n) is 6.29. The third kappa shape index (κ3) is 9.94. The highest BCUT2D eigenvalue weighted by atomic mass is 16.4. The van der Waals surface area contributed by atoms with E-state index < -0.39 is 11.4 Å². The summed E-state index contributed by atoms with van der Waals surface area (Å²) in [5, 5.41) is 18.8. The molecule has 0 amide bonds. The Labute approximate surface area is 118 Å². The molecule has 0 heterocycles. The number of carboxylic acids is 1. The molecule has 0 aliphatic heterocycles. The van der Waals surface area contributed by atoms with E-state index in [0.717, 1.165) is 44.9 Å². The van der Waals surface area contributed by atoms with E-state index in [1.54, 1.807) is 13.8 Å². The van der Waals surface area contributed by atoms with Crippen LogP contribution in [0.3, 0.4) is 0 Å². The van der Waals surface area contributed by atoms with E-state index in [0.29, 0.717) is 0 Å². The third-order valence-corrected chi connectivity index (χ3v) is 3.81. The van der Waals surface area contributed by atoms with Gasteiger partial charge < -0.3 is 10.2 Å². The van der Waals surface area contributed by atoms with Gasteiger partial charge in [0, 0.05) is 0 Å². The minimum absolute atomic E-state index is 0.163. The molecule has 0 spiro atoms. The summed E-state index contributed by atoms with van der Waals surface area (Å²) in [5.41, 5.74) is -0.612. The fourth-order valence-electron chi connectivity index (χ4n) is 2.18. The highest BCUT2D eigenvalue weighted by molar-refractivity contribution is 5.73. The van der Waals surface area contributed by atoms with Crippen LogP contribution in [-0.2, 0) is 4.79 Å². The van der Waals surface area contributed by atoms with Gasteiger partial charge in [-0.15, -0.1) is 0 Å². The van der Waals surface area contributed by atoms with Crippen LogP contribution in [0.5, 0.6) is 0 Å². The maximum absolute atomic E-state index is 10.9. The number of aliphatic hydroxyl groups excluding tert-OH is 1. The van der Waals surface area contributed by atoms with E-state index in [2.05, 4.69) is 6.92 Å². The van der Waals surface area contributed by atoms with Crippen LogP contribution >= 0.6 is 0 Å². The first-order valence-corrected chi connectivity index (χ1v) is 7.81. The van der Waals surface area contributed by atoms with Gasteiger partial charge in [0.25, 0.3) is 0 Å². The van der Waals surface area contributed by atoms with E-state index >= 15 is 0 Å². The van der Waals surface area contributed by atoms with Crippen LogP contribution in [0.1, 0.15) is 85.0 Å². The second-order valence-corrected chi connectivity index (χ2v) is 6.29. The van der Waals surface area contributed by atoms with Crippen molar-refractivity contribution < 1.29 is 15.0 Å². The van der Waals surface area contributed by atoms with Gasteiger partial charge in [-0.25, -0.2) is 0 Å². The Kier molecular flexibility index (Phi) is 9.94. The molecule has 0 aromatic heterocycles. The summed E-state index contributed by atoms with van der Waals surface area (Å²) in [6.45, 7) is 5.74. The van der Waals surface area contributed by atoms with Gasteiger partial charge in [-0.2, -0.15) is 0 Å². The molecule has 1 atom stereocenters. The van der Waals surface area contributed by atoms with Crippen LogP contribution in [0, 0.1) is 5.41 Å². The van der Waals surface area contributed by atoms with Gasteiger partial charge in [-0.1, -0.05) is 51.9 Å². The molecule has 0 bridgehead atoms. The van der Waals surface area contributed by atoms with Crippen molar-refractivity contribution in [1.82, 2.24) is 0 Å². The lowest BCUT2D eigenvalue weighted by molar-refractivity contribution is -0.147. The molecule has 0 fully saturated rings. The molecule has 3 heteroatoms. The predicted molar refractivity (Wildman–Crippen MR) is 79.3 cm³/mol. The molecule has 3 nitrogen and oxygen atoms in total. The summed E-state index contributed by atoms with van der Waals surface area (Å²) in [6, 6.07) is 0. The lowest BCUT2D eigenvalue weighted by atomic mass is 9.87. The topological polar surface area (TPSA) is 57.5 Å². The van der Waals surface area contributed by atoms with Crippen LogP contribution < -0.4 is 0 Å². The van der Waals surface area contributed by atoms with Crippen molar-refractivity contribution in [2.75, 3.05) is 0 Å². The molecule has 114 valence electrons. The predicted octanol–water partition coefficient (Wildman–Crippen LogP) is 4.38. The summed E-state index contributed by atoms with van der Waals surface area (Å²) >= 11 is 0. The van der Waals surface area contributed by atoms with E-state index in [9.17, 15) is 9.90 Å². The molecular weight excluding hydrogens is 240 g/mol. The summed E-state index contributed by atoms with van der Waals surface area (Å²) < 4.78 is 0. The lowest BCUT2D eigenvalue weighted by Gasteiger charge is -2.18. The molecule has 2 N–H and O–H groups in total. The molecule has 0 saturated carbocycles. The zero-order valence-electron chi connectivity index (χ0n) is 13.0.